The predicted molar refractivity (Wildman–Crippen MR) is 63.7 cm³/mol. The molecule has 19 heavy (non-hydrogen) atoms. The molecule has 99 valence electrons. The fourth-order valence-corrected chi connectivity index (χ4v) is 1.76. The summed E-state index contributed by atoms with van der Waals surface area (Å²) < 4.78 is 1.66. The van der Waals surface area contributed by atoms with Crippen molar-refractivity contribution in [1.82, 2.24) is 29.9 Å². The van der Waals surface area contributed by atoms with Crippen molar-refractivity contribution >= 4 is 11.0 Å². The van der Waals surface area contributed by atoms with Crippen molar-refractivity contribution in [3.63, 3.8) is 0 Å². The van der Waals surface area contributed by atoms with E-state index in [1.54, 1.807) is 17.1 Å². The van der Waals surface area contributed by atoms with Crippen LogP contribution in [0.4, 0.5) is 0 Å². The molecule has 1 radical (unpaired) electrons. The summed E-state index contributed by atoms with van der Waals surface area (Å²) in [5, 5.41) is 22.1. The van der Waals surface area contributed by atoms with Gasteiger partial charge >= 0.3 is 0 Å². The van der Waals surface area contributed by atoms with Gasteiger partial charge in [0.25, 0.3) is 0 Å². The van der Waals surface area contributed by atoms with Crippen LogP contribution in [0.15, 0.2) is 18.5 Å². The van der Waals surface area contributed by atoms with Crippen molar-refractivity contribution in [1.29, 1.82) is 0 Å². The Labute approximate surface area is 122 Å². The smallest absolute Gasteiger partial charge is 0.111 e. The number of aliphatic hydroxyl groups excluding tert-OH is 1. The first-order chi connectivity index (χ1) is 8.78. The van der Waals surface area contributed by atoms with Crippen LogP contribution in [0.25, 0.3) is 22.4 Å². The molecule has 0 spiro atoms. The van der Waals surface area contributed by atoms with E-state index < -0.39 is 0 Å². The van der Waals surface area contributed by atoms with Gasteiger partial charge in [0.1, 0.15) is 5.69 Å². The summed E-state index contributed by atoms with van der Waals surface area (Å²) in [5.74, 6) is 0.666. The predicted octanol–water partition coefficient (Wildman–Crippen LogP) is 0.144. The number of rotatable bonds is 3. The van der Waals surface area contributed by atoms with Crippen molar-refractivity contribution in [3.8, 4) is 11.4 Å². The van der Waals surface area contributed by atoms with Gasteiger partial charge in [-0.15, -0.1) is 0 Å². The molecule has 3 heterocycles. The first-order valence-corrected chi connectivity index (χ1v) is 5.55. The molecule has 0 saturated carbocycles. The van der Waals surface area contributed by atoms with Crippen molar-refractivity contribution in [2.24, 2.45) is 0 Å². The van der Waals surface area contributed by atoms with Gasteiger partial charge in [-0.05, 0) is 18.6 Å². The first-order valence-electron chi connectivity index (χ1n) is 5.55. The molecule has 0 aliphatic carbocycles. The molecule has 0 fully saturated rings. The van der Waals surface area contributed by atoms with Gasteiger partial charge in [-0.3, -0.25) is 14.8 Å². The van der Waals surface area contributed by atoms with Crippen molar-refractivity contribution in [3.05, 3.63) is 24.3 Å². The van der Waals surface area contributed by atoms with E-state index in [0.717, 1.165) is 5.39 Å². The molecule has 0 unspecified atom stereocenters. The van der Waals surface area contributed by atoms with Gasteiger partial charge in [0, 0.05) is 44.0 Å². The third-order valence-corrected chi connectivity index (χ3v) is 2.60. The van der Waals surface area contributed by atoms with E-state index >= 15 is 0 Å². The Morgan fingerprint density at radius 3 is 3.05 bits per heavy atom. The van der Waals surface area contributed by atoms with E-state index in [9.17, 15) is 0 Å². The number of aromatic nitrogens is 6. The van der Waals surface area contributed by atoms with Crippen LogP contribution in [0, 0.1) is 6.92 Å². The maximum Gasteiger partial charge on any atom is 0.111 e. The monoisotopic (exact) mass is 430 g/mol. The molecule has 3 aromatic heterocycles. The summed E-state index contributed by atoms with van der Waals surface area (Å²) in [5.41, 5.74) is 1.95. The topological polar surface area (TPSA) is 90.8 Å². The van der Waals surface area contributed by atoms with E-state index in [1.807, 2.05) is 13.0 Å². The number of aryl methyl sites for hydroxylation is 1. The van der Waals surface area contributed by atoms with Gasteiger partial charge < -0.3 is 15.2 Å². The Hall–Kier alpha value is -1.62. The summed E-state index contributed by atoms with van der Waals surface area (Å²) in [6, 6.07) is 1.83. The second-order valence-corrected chi connectivity index (χ2v) is 3.89. The van der Waals surface area contributed by atoms with Crippen molar-refractivity contribution < 1.29 is 25.5 Å². The number of fused-ring (bicyclic) bond motifs is 1. The summed E-state index contributed by atoms with van der Waals surface area (Å²) in [7, 11) is 0. The molecule has 1 N–H and O–H groups in total. The molecule has 3 aromatic rings. The minimum Gasteiger partial charge on any atom is -0.422 e. The molecule has 0 atom stereocenters. The number of hydrogen-bond acceptors (Lipinski definition) is 5. The van der Waals surface area contributed by atoms with Gasteiger partial charge in [-0.1, -0.05) is 0 Å². The fourth-order valence-electron chi connectivity index (χ4n) is 1.76. The van der Waals surface area contributed by atoms with Gasteiger partial charge in [0.05, 0.1) is 18.8 Å². The van der Waals surface area contributed by atoms with Crippen LogP contribution in [-0.2, 0) is 27.0 Å². The standard InChI is InChI=1S/C11H11N6O.Re/c1-7-12-6-8-10(14-15-11(8)13-7)9-2-3-17(16-9)4-5-18;/h2-3,6,18H,4-5H2,1H3;/q-1;. The molecular formula is C11H11N6ORe-. The third kappa shape index (κ3) is 2.56. The van der Waals surface area contributed by atoms with Crippen LogP contribution in [0.5, 0.6) is 0 Å². The molecule has 0 saturated heterocycles. The normalized spacial score (nSPS) is 10.6. The van der Waals surface area contributed by atoms with E-state index in [2.05, 4.69) is 25.3 Å². The Morgan fingerprint density at radius 2 is 2.26 bits per heavy atom. The molecule has 8 heteroatoms. The van der Waals surface area contributed by atoms with Crippen LogP contribution in [-0.4, -0.2) is 36.6 Å². The van der Waals surface area contributed by atoms with E-state index in [1.165, 1.54) is 0 Å². The van der Waals surface area contributed by atoms with Crippen LogP contribution >= 0.6 is 0 Å². The summed E-state index contributed by atoms with van der Waals surface area (Å²) >= 11 is 0. The quantitative estimate of drug-likeness (QED) is 0.637. The number of aliphatic hydroxyl groups is 1. The maximum absolute atomic E-state index is 8.85. The number of nitrogens with zero attached hydrogens (tertiary/aromatic N) is 6. The number of hydrogen-bond donors (Lipinski definition) is 1. The minimum absolute atomic E-state index is 0. The second kappa shape index (κ2) is 5.57. The second-order valence-electron chi connectivity index (χ2n) is 3.89. The largest absolute Gasteiger partial charge is 0.422 e. The summed E-state index contributed by atoms with van der Waals surface area (Å²) in [4.78, 5) is 8.35. The molecule has 7 nitrogen and oxygen atoms in total. The average Bonchev–Trinajstić information content (AvgIpc) is 2.95. The zero-order chi connectivity index (χ0) is 12.5. The molecule has 0 bridgehead atoms. The summed E-state index contributed by atoms with van der Waals surface area (Å²) in [6.45, 7) is 2.32. The Kier molecular flexibility index (Phi) is 4.05. The molecular weight excluding hydrogens is 418 g/mol. The van der Waals surface area contributed by atoms with Crippen molar-refractivity contribution in [2.45, 2.75) is 13.5 Å². The molecule has 0 aromatic carbocycles. The average molecular weight is 429 g/mol. The van der Waals surface area contributed by atoms with Crippen LogP contribution in [0.3, 0.4) is 0 Å². The first kappa shape index (κ1) is 13.8. The molecule has 0 aliphatic heterocycles. The van der Waals surface area contributed by atoms with Gasteiger partial charge in [-0.2, -0.15) is 5.10 Å². The van der Waals surface area contributed by atoms with Crippen LogP contribution in [0.2, 0.25) is 0 Å². The van der Waals surface area contributed by atoms with E-state index in [4.69, 9.17) is 5.11 Å². The van der Waals surface area contributed by atoms with E-state index in [0.29, 0.717) is 29.4 Å². The molecule has 3 rings (SSSR count). The van der Waals surface area contributed by atoms with Gasteiger partial charge in [-0.25, -0.2) is 0 Å². The summed E-state index contributed by atoms with van der Waals surface area (Å²) in [6.07, 6.45) is 3.50. The minimum atomic E-state index is 0. The maximum atomic E-state index is 8.85. The Bertz CT molecular complexity index is 691. The Balaban J connectivity index is 0.00000133. The third-order valence-electron chi connectivity index (χ3n) is 2.60. The zero-order valence-electron chi connectivity index (χ0n) is 10.2. The molecule has 0 aliphatic rings. The molecule has 0 amide bonds. The van der Waals surface area contributed by atoms with Crippen LogP contribution in [0.1, 0.15) is 5.82 Å². The SMILES string of the molecule is Cc1ncc2c(-c3ccn(CCO)n3)n[n-]c2n1.[Re]. The van der Waals surface area contributed by atoms with E-state index in [-0.39, 0.29) is 27.0 Å². The Morgan fingerprint density at radius 1 is 1.42 bits per heavy atom. The fraction of sp³-hybridized carbons (Fsp3) is 0.273. The van der Waals surface area contributed by atoms with Crippen LogP contribution < -0.4 is 5.10 Å². The van der Waals surface area contributed by atoms with Gasteiger partial charge in [0.2, 0.25) is 0 Å². The zero-order valence-corrected chi connectivity index (χ0v) is 12.9. The van der Waals surface area contributed by atoms with Gasteiger partial charge in [0.15, 0.2) is 0 Å². The van der Waals surface area contributed by atoms with Crippen molar-refractivity contribution in [2.75, 3.05) is 6.61 Å².